The van der Waals surface area contributed by atoms with E-state index in [0.29, 0.717) is 5.25 Å². The third kappa shape index (κ3) is 2.88. The third-order valence-electron chi connectivity index (χ3n) is 2.79. The highest BCUT2D eigenvalue weighted by molar-refractivity contribution is 8.00. The summed E-state index contributed by atoms with van der Waals surface area (Å²) in [5.41, 5.74) is 8.66. The van der Waals surface area contributed by atoms with Crippen molar-refractivity contribution < 1.29 is 0 Å². The number of hydrogen-bond donors (Lipinski definition) is 1. The summed E-state index contributed by atoms with van der Waals surface area (Å²) in [6, 6.07) is 8.32. The van der Waals surface area contributed by atoms with Crippen LogP contribution in [-0.4, -0.2) is 15.0 Å². The molecular formula is C14H19N3S. The van der Waals surface area contributed by atoms with Crippen molar-refractivity contribution in [1.29, 1.82) is 0 Å². The van der Waals surface area contributed by atoms with Crippen LogP contribution in [0.5, 0.6) is 0 Å². The molecule has 2 rings (SSSR count). The summed E-state index contributed by atoms with van der Waals surface area (Å²) in [5.74, 6) is 0.761. The molecular weight excluding hydrogens is 242 g/mol. The lowest BCUT2D eigenvalue weighted by Gasteiger charge is -2.08. The van der Waals surface area contributed by atoms with E-state index in [-0.39, 0.29) is 0 Å². The predicted octanol–water partition coefficient (Wildman–Crippen LogP) is 3.32. The van der Waals surface area contributed by atoms with Gasteiger partial charge in [0.25, 0.3) is 0 Å². The summed E-state index contributed by atoms with van der Waals surface area (Å²) in [5, 5.41) is 4.89. The molecule has 2 N–H and O–H groups in total. The molecule has 1 aromatic carbocycles. The van der Waals surface area contributed by atoms with Crippen LogP contribution in [0.3, 0.4) is 0 Å². The number of nitrogen functional groups attached to an aromatic ring is 1. The zero-order valence-corrected chi connectivity index (χ0v) is 11.9. The molecule has 96 valence electrons. The van der Waals surface area contributed by atoms with Gasteiger partial charge < -0.3 is 5.73 Å². The monoisotopic (exact) mass is 261 g/mol. The van der Waals surface area contributed by atoms with E-state index in [4.69, 9.17) is 5.73 Å². The van der Waals surface area contributed by atoms with Crippen molar-refractivity contribution >= 4 is 17.6 Å². The fourth-order valence-electron chi connectivity index (χ4n) is 1.80. The Labute approximate surface area is 112 Å². The Balaban J connectivity index is 2.20. The van der Waals surface area contributed by atoms with Crippen LogP contribution < -0.4 is 5.73 Å². The summed E-state index contributed by atoms with van der Waals surface area (Å²) in [4.78, 5) is 1.07. The molecule has 0 amide bonds. The minimum absolute atomic E-state index is 0.517. The number of aromatic nitrogens is 2. The van der Waals surface area contributed by atoms with E-state index in [1.54, 1.807) is 11.8 Å². The number of nitrogens with two attached hydrogens (primary N) is 1. The number of hydrogen-bond acceptors (Lipinski definition) is 3. The second kappa shape index (κ2) is 5.48. The molecule has 1 heterocycles. The first kappa shape index (κ1) is 13.0. The number of anilines is 1. The fraction of sp³-hybridized carbons (Fsp3) is 0.357. The lowest BCUT2D eigenvalue weighted by atomic mass is 10.1. The van der Waals surface area contributed by atoms with Crippen LogP contribution >= 0.6 is 11.8 Å². The molecule has 2 aromatic rings. The minimum atomic E-state index is 0.517. The molecule has 18 heavy (non-hydrogen) atoms. The van der Waals surface area contributed by atoms with Gasteiger partial charge in [-0.2, -0.15) is 5.10 Å². The van der Waals surface area contributed by atoms with Crippen LogP contribution in [0, 0.1) is 6.92 Å². The second-order valence-electron chi connectivity index (χ2n) is 4.64. The largest absolute Gasteiger partial charge is 0.383 e. The van der Waals surface area contributed by atoms with E-state index < -0.39 is 0 Å². The van der Waals surface area contributed by atoms with Gasteiger partial charge in [0.05, 0.1) is 17.6 Å². The van der Waals surface area contributed by atoms with Crippen molar-refractivity contribution in [1.82, 2.24) is 9.78 Å². The highest BCUT2D eigenvalue weighted by atomic mass is 32.2. The molecule has 0 saturated heterocycles. The van der Waals surface area contributed by atoms with Gasteiger partial charge in [0.15, 0.2) is 0 Å². The predicted molar refractivity (Wildman–Crippen MR) is 77.9 cm³/mol. The quantitative estimate of drug-likeness (QED) is 0.859. The van der Waals surface area contributed by atoms with Crippen LogP contribution in [0.15, 0.2) is 35.4 Å². The van der Waals surface area contributed by atoms with Gasteiger partial charge in [-0.25, -0.2) is 4.68 Å². The Hall–Kier alpha value is -1.42. The lowest BCUT2D eigenvalue weighted by Crippen LogP contribution is -2.07. The summed E-state index contributed by atoms with van der Waals surface area (Å²) in [7, 11) is 0. The fourth-order valence-corrected chi connectivity index (χ4v) is 2.64. The molecule has 0 aliphatic heterocycles. The number of thioether (sulfide) groups is 1. The first-order valence-electron chi connectivity index (χ1n) is 6.10. The molecule has 0 fully saturated rings. The molecule has 3 nitrogen and oxygen atoms in total. The van der Waals surface area contributed by atoms with Gasteiger partial charge >= 0.3 is 0 Å². The summed E-state index contributed by atoms with van der Waals surface area (Å²) >= 11 is 1.75. The molecule has 0 radical (unpaired) electrons. The Morgan fingerprint density at radius 3 is 2.72 bits per heavy atom. The number of nitrogens with zero attached hydrogens (tertiary/aromatic N) is 2. The SMILES string of the molecule is Cc1ccccc1Cn1ncc(SC(C)C)c1N. The molecule has 0 spiro atoms. The van der Waals surface area contributed by atoms with Gasteiger partial charge in [-0.05, 0) is 18.1 Å². The van der Waals surface area contributed by atoms with Crippen LogP contribution in [0.1, 0.15) is 25.0 Å². The van der Waals surface area contributed by atoms with E-state index in [1.807, 2.05) is 23.0 Å². The number of rotatable bonds is 4. The third-order valence-corrected chi connectivity index (χ3v) is 3.83. The highest BCUT2D eigenvalue weighted by Crippen LogP contribution is 2.28. The second-order valence-corrected chi connectivity index (χ2v) is 6.26. The maximum Gasteiger partial charge on any atom is 0.135 e. The van der Waals surface area contributed by atoms with Gasteiger partial charge in [-0.1, -0.05) is 38.1 Å². The standard InChI is InChI=1S/C14H19N3S/c1-10(2)18-13-8-16-17(14(13)15)9-12-7-5-4-6-11(12)3/h4-8,10H,9,15H2,1-3H3. The Morgan fingerprint density at radius 2 is 2.06 bits per heavy atom. The number of aryl methyl sites for hydroxylation is 1. The van der Waals surface area contributed by atoms with Crippen LogP contribution in [0.25, 0.3) is 0 Å². The zero-order chi connectivity index (χ0) is 13.1. The topological polar surface area (TPSA) is 43.8 Å². The molecule has 0 aliphatic carbocycles. The van der Waals surface area contributed by atoms with Crippen molar-refractivity contribution in [2.75, 3.05) is 5.73 Å². The lowest BCUT2D eigenvalue weighted by molar-refractivity contribution is 0.693. The van der Waals surface area contributed by atoms with E-state index in [1.165, 1.54) is 11.1 Å². The maximum absolute atomic E-state index is 6.13. The first-order valence-corrected chi connectivity index (χ1v) is 6.98. The first-order chi connectivity index (χ1) is 8.58. The summed E-state index contributed by atoms with van der Waals surface area (Å²) in [6.45, 7) is 7.15. The Bertz CT molecular complexity index is 532. The zero-order valence-electron chi connectivity index (χ0n) is 11.1. The van der Waals surface area contributed by atoms with Gasteiger partial charge in [-0.15, -0.1) is 11.8 Å². The maximum atomic E-state index is 6.13. The molecule has 0 aliphatic rings. The average molecular weight is 261 g/mol. The molecule has 0 atom stereocenters. The van der Waals surface area contributed by atoms with Crippen LogP contribution in [0.4, 0.5) is 5.82 Å². The van der Waals surface area contributed by atoms with E-state index in [2.05, 4.69) is 38.0 Å². The van der Waals surface area contributed by atoms with Crippen molar-refractivity contribution in [3.63, 3.8) is 0 Å². The van der Waals surface area contributed by atoms with E-state index >= 15 is 0 Å². The smallest absolute Gasteiger partial charge is 0.135 e. The van der Waals surface area contributed by atoms with Crippen LogP contribution in [-0.2, 0) is 6.54 Å². The Morgan fingerprint density at radius 1 is 1.33 bits per heavy atom. The van der Waals surface area contributed by atoms with Gasteiger partial charge in [0, 0.05) is 5.25 Å². The van der Waals surface area contributed by atoms with Gasteiger partial charge in [-0.3, -0.25) is 0 Å². The normalized spacial score (nSPS) is 11.1. The van der Waals surface area contributed by atoms with Gasteiger partial charge in [0.2, 0.25) is 0 Å². The minimum Gasteiger partial charge on any atom is -0.383 e. The molecule has 0 saturated carbocycles. The Kier molecular flexibility index (Phi) is 3.97. The number of benzene rings is 1. The highest BCUT2D eigenvalue weighted by Gasteiger charge is 2.10. The average Bonchev–Trinajstić information content (AvgIpc) is 2.64. The van der Waals surface area contributed by atoms with Crippen molar-refractivity contribution in [2.24, 2.45) is 0 Å². The molecule has 4 heteroatoms. The van der Waals surface area contributed by atoms with Crippen molar-refractivity contribution in [2.45, 2.75) is 37.5 Å². The van der Waals surface area contributed by atoms with E-state index in [0.717, 1.165) is 17.3 Å². The molecule has 0 bridgehead atoms. The molecule has 1 aromatic heterocycles. The summed E-state index contributed by atoms with van der Waals surface area (Å²) in [6.07, 6.45) is 1.86. The van der Waals surface area contributed by atoms with Gasteiger partial charge in [0.1, 0.15) is 5.82 Å². The van der Waals surface area contributed by atoms with E-state index in [9.17, 15) is 0 Å². The van der Waals surface area contributed by atoms with Crippen LogP contribution in [0.2, 0.25) is 0 Å². The molecule has 0 unspecified atom stereocenters. The van der Waals surface area contributed by atoms with Crippen molar-refractivity contribution in [3.05, 3.63) is 41.6 Å². The van der Waals surface area contributed by atoms with Crippen molar-refractivity contribution in [3.8, 4) is 0 Å². The summed E-state index contributed by atoms with van der Waals surface area (Å²) < 4.78 is 1.87.